The van der Waals surface area contributed by atoms with E-state index in [2.05, 4.69) is 15.6 Å². The number of benzene rings is 2. The van der Waals surface area contributed by atoms with E-state index in [9.17, 15) is 22.8 Å². The lowest BCUT2D eigenvalue weighted by molar-refractivity contribution is -0.153. The number of ether oxygens (including phenoxy) is 1. The molecule has 0 spiro atoms. The number of anilines is 2. The second kappa shape index (κ2) is 8.06. The highest BCUT2D eigenvalue weighted by molar-refractivity contribution is 7.22. The van der Waals surface area contributed by atoms with Crippen molar-refractivity contribution in [3.05, 3.63) is 47.5 Å². The number of thiazole rings is 1. The summed E-state index contributed by atoms with van der Waals surface area (Å²) in [4.78, 5) is 30.4. The number of alkyl halides is 3. The van der Waals surface area contributed by atoms with E-state index in [0.29, 0.717) is 34.0 Å². The summed E-state index contributed by atoms with van der Waals surface area (Å²) in [5.41, 5.74) is 2.44. The first kappa shape index (κ1) is 20.9. The Bertz CT molecular complexity index is 1160. The Morgan fingerprint density at radius 1 is 1.29 bits per heavy atom. The standard InChI is InChI=1S/C20H17F3N4O3S/c1-11-8-12(2-5-15(11)27-7-6-24-19(27)29)17(28)26-18-25-14-4-3-13(9-16(14)31-18)30-10-20(21,22)23/h2-5,8-9H,6-7,10H2,1H3,(H,24,29)(H,25,26,28). The van der Waals surface area contributed by atoms with E-state index in [1.807, 2.05) is 6.92 Å². The Morgan fingerprint density at radius 2 is 2.10 bits per heavy atom. The van der Waals surface area contributed by atoms with Gasteiger partial charge in [-0.05, 0) is 48.9 Å². The molecule has 1 aliphatic heterocycles. The van der Waals surface area contributed by atoms with Crippen LogP contribution in [0.25, 0.3) is 10.2 Å². The molecule has 162 valence electrons. The monoisotopic (exact) mass is 450 g/mol. The molecular formula is C20H17F3N4O3S. The first-order valence-corrected chi connectivity index (χ1v) is 10.1. The Kier molecular flexibility index (Phi) is 5.44. The zero-order valence-corrected chi connectivity index (χ0v) is 17.1. The fourth-order valence-corrected chi connectivity index (χ4v) is 4.07. The lowest BCUT2D eigenvalue weighted by Gasteiger charge is -2.17. The fourth-order valence-electron chi connectivity index (χ4n) is 3.18. The van der Waals surface area contributed by atoms with Gasteiger partial charge < -0.3 is 10.1 Å². The lowest BCUT2D eigenvalue weighted by Crippen LogP contribution is -2.28. The Morgan fingerprint density at radius 3 is 2.77 bits per heavy atom. The van der Waals surface area contributed by atoms with Crippen LogP contribution in [-0.2, 0) is 0 Å². The number of hydrogen-bond acceptors (Lipinski definition) is 5. The normalized spacial score (nSPS) is 14.1. The summed E-state index contributed by atoms with van der Waals surface area (Å²) in [6.07, 6.45) is -4.42. The van der Waals surface area contributed by atoms with E-state index < -0.39 is 12.8 Å². The number of urea groups is 1. The minimum Gasteiger partial charge on any atom is -0.484 e. The summed E-state index contributed by atoms with van der Waals surface area (Å²) in [6, 6.07) is 9.25. The maximum absolute atomic E-state index is 12.6. The summed E-state index contributed by atoms with van der Waals surface area (Å²) in [5, 5.41) is 5.75. The number of carbonyl (C=O) groups is 2. The lowest BCUT2D eigenvalue weighted by atomic mass is 10.1. The Hall–Kier alpha value is -3.34. The highest BCUT2D eigenvalue weighted by atomic mass is 32.1. The molecule has 3 aromatic rings. The number of nitrogens with one attached hydrogen (secondary N) is 2. The second-order valence-electron chi connectivity index (χ2n) is 6.89. The number of amides is 3. The number of fused-ring (bicyclic) bond motifs is 1. The van der Waals surface area contributed by atoms with Crippen molar-refractivity contribution in [2.75, 3.05) is 29.9 Å². The quantitative estimate of drug-likeness (QED) is 0.606. The average molecular weight is 450 g/mol. The molecule has 1 aromatic heterocycles. The predicted molar refractivity (Wildman–Crippen MR) is 111 cm³/mol. The number of hydrogen-bond donors (Lipinski definition) is 2. The molecule has 4 rings (SSSR count). The van der Waals surface area contributed by atoms with Crippen LogP contribution in [0.3, 0.4) is 0 Å². The van der Waals surface area contributed by atoms with Gasteiger partial charge >= 0.3 is 12.2 Å². The molecule has 3 amide bonds. The van der Waals surface area contributed by atoms with Gasteiger partial charge in [0.1, 0.15) is 5.75 Å². The van der Waals surface area contributed by atoms with Crippen LogP contribution >= 0.6 is 11.3 Å². The summed E-state index contributed by atoms with van der Waals surface area (Å²) >= 11 is 1.13. The minimum atomic E-state index is -4.42. The molecule has 0 saturated carbocycles. The van der Waals surface area contributed by atoms with Crippen LogP contribution in [0, 0.1) is 6.92 Å². The predicted octanol–water partition coefficient (Wildman–Crippen LogP) is 4.33. The number of halogens is 3. The summed E-state index contributed by atoms with van der Waals surface area (Å²) < 4.78 is 42.3. The van der Waals surface area contributed by atoms with Crippen molar-refractivity contribution in [3.63, 3.8) is 0 Å². The van der Waals surface area contributed by atoms with Crippen LogP contribution in [0.4, 0.5) is 28.8 Å². The summed E-state index contributed by atoms with van der Waals surface area (Å²) in [6.45, 7) is 1.57. The number of nitrogens with zero attached hydrogens (tertiary/aromatic N) is 2. The van der Waals surface area contributed by atoms with E-state index in [0.717, 1.165) is 22.6 Å². The molecule has 2 N–H and O–H groups in total. The van der Waals surface area contributed by atoms with Crippen LogP contribution in [0.5, 0.6) is 5.75 Å². The van der Waals surface area contributed by atoms with Gasteiger partial charge in [-0.1, -0.05) is 11.3 Å². The zero-order chi connectivity index (χ0) is 22.2. The number of rotatable bonds is 5. The molecule has 0 bridgehead atoms. The average Bonchev–Trinajstić information content (AvgIpc) is 3.30. The van der Waals surface area contributed by atoms with Crippen molar-refractivity contribution in [1.82, 2.24) is 10.3 Å². The number of aryl methyl sites for hydroxylation is 1. The second-order valence-corrected chi connectivity index (χ2v) is 7.92. The molecule has 1 saturated heterocycles. The van der Waals surface area contributed by atoms with E-state index in [-0.39, 0.29) is 17.7 Å². The van der Waals surface area contributed by atoms with Crippen molar-refractivity contribution in [1.29, 1.82) is 0 Å². The maximum atomic E-state index is 12.6. The van der Waals surface area contributed by atoms with Crippen LogP contribution in [0.15, 0.2) is 36.4 Å². The highest BCUT2D eigenvalue weighted by Gasteiger charge is 2.28. The first-order valence-electron chi connectivity index (χ1n) is 9.27. The SMILES string of the molecule is Cc1cc(C(=O)Nc2nc3ccc(OCC(F)(F)F)cc3s2)ccc1N1CCNC1=O. The molecule has 31 heavy (non-hydrogen) atoms. The molecule has 2 aromatic carbocycles. The zero-order valence-electron chi connectivity index (χ0n) is 16.2. The van der Waals surface area contributed by atoms with E-state index in [1.54, 1.807) is 23.1 Å². The van der Waals surface area contributed by atoms with Gasteiger partial charge in [-0.3, -0.25) is 15.0 Å². The van der Waals surface area contributed by atoms with Gasteiger partial charge in [0.25, 0.3) is 5.91 Å². The van der Waals surface area contributed by atoms with Crippen LogP contribution in [-0.4, -0.2) is 42.8 Å². The smallest absolute Gasteiger partial charge is 0.422 e. The third-order valence-corrected chi connectivity index (χ3v) is 5.52. The molecular weight excluding hydrogens is 433 g/mol. The van der Waals surface area contributed by atoms with Gasteiger partial charge in [0.15, 0.2) is 11.7 Å². The van der Waals surface area contributed by atoms with Gasteiger partial charge in [-0.25, -0.2) is 9.78 Å². The van der Waals surface area contributed by atoms with Crippen molar-refractivity contribution in [3.8, 4) is 5.75 Å². The van der Waals surface area contributed by atoms with E-state index >= 15 is 0 Å². The summed E-state index contributed by atoms with van der Waals surface area (Å²) in [7, 11) is 0. The Labute approximate surface area is 178 Å². The van der Waals surface area contributed by atoms with Gasteiger partial charge in [-0.2, -0.15) is 13.2 Å². The van der Waals surface area contributed by atoms with Gasteiger partial charge in [0.2, 0.25) is 0 Å². The molecule has 0 aliphatic carbocycles. The van der Waals surface area contributed by atoms with Crippen LogP contribution < -0.4 is 20.3 Å². The molecule has 0 radical (unpaired) electrons. The molecule has 0 unspecified atom stereocenters. The molecule has 1 aliphatic rings. The number of aromatic nitrogens is 1. The number of carbonyl (C=O) groups excluding carboxylic acids is 2. The largest absolute Gasteiger partial charge is 0.484 e. The minimum absolute atomic E-state index is 0.0727. The van der Waals surface area contributed by atoms with Crippen LogP contribution in [0.1, 0.15) is 15.9 Å². The maximum Gasteiger partial charge on any atom is 0.422 e. The Balaban J connectivity index is 1.48. The molecule has 7 nitrogen and oxygen atoms in total. The van der Waals surface area contributed by atoms with Crippen molar-refractivity contribution < 1.29 is 27.5 Å². The molecule has 0 atom stereocenters. The van der Waals surface area contributed by atoms with Gasteiger partial charge in [0.05, 0.1) is 10.2 Å². The van der Waals surface area contributed by atoms with Crippen molar-refractivity contribution in [2.24, 2.45) is 0 Å². The third kappa shape index (κ3) is 4.71. The van der Waals surface area contributed by atoms with E-state index in [1.165, 1.54) is 18.2 Å². The fraction of sp³-hybridized carbons (Fsp3) is 0.250. The molecule has 11 heteroatoms. The van der Waals surface area contributed by atoms with Gasteiger partial charge in [-0.15, -0.1) is 0 Å². The van der Waals surface area contributed by atoms with Gasteiger partial charge in [0, 0.05) is 24.3 Å². The highest BCUT2D eigenvalue weighted by Crippen LogP contribution is 2.30. The first-order chi connectivity index (χ1) is 14.7. The van der Waals surface area contributed by atoms with E-state index in [4.69, 9.17) is 4.74 Å². The molecule has 2 heterocycles. The van der Waals surface area contributed by atoms with Crippen molar-refractivity contribution >= 4 is 44.3 Å². The topological polar surface area (TPSA) is 83.6 Å². The van der Waals surface area contributed by atoms with Crippen LogP contribution in [0.2, 0.25) is 0 Å². The summed E-state index contributed by atoms with van der Waals surface area (Å²) in [5.74, 6) is -0.309. The molecule has 1 fully saturated rings. The van der Waals surface area contributed by atoms with Crippen molar-refractivity contribution in [2.45, 2.75) is 13.1 Å². The third-order valence-electron chi connectivity index (χ3n) is 4.59.